The molecule has 1 aromatic carbocycles. The zero-order valence-corrected chi connectivity index (χ0v) is 22.4. The van der Waals surface area contributed by atoms with Gasteiger partial charge in [-0.15, -0.1) is 0 Å². The number of hydrogen-bond donors (Lipinski definition) is 3. The molecule has 2 amide bonds. The van der Waals surface area contributed by atoms with Gasteiger partial charge in [-0.1, -0.05) is 41.4 Å². The molecule has 3 N–H and O–H groups in total. The number of amides is 2. The summed E-state index contributed by atoms with van der Waals surface area (Å²) in [5, 5.41) is 20.2. The van der Waals surface area contributed by atoms with Crippen LogP contribution in [0.3, 0.4) is 0 Å². The molecule has 4 heterocycles. The normalized spacial score (nSPS) is 14.6. The standard InChI is InChI=1S/C27H28ClN7O4/c1-15-5-4-6-17(11-15)20(14-36)31-25(37)16(2)35-10-8-21-18(26(35)38)12-22(39-21)24-19(28)13-29-27(33-24)32-23-7-9-30-34(23)3/h4-7,9,11-13,16,20,36H,8,10,14H2,1-3H3,(H,31,37)(H,29,32,33)/t16-,20-/m1/s1. The second-order valence-electron chi connectivity index (χ2n) is 9.39. The highest BCUT2D eigenvalue weighted by Crippen LogP contribution is 2.33. The van der Waals surface area contributed by atoms with Crippen LogP contribution >= 0.6 is 11.6 Å². The molecule has 0 bridgehead atoms. The Morgan fingerprint density at radius 1 is 1.28 bits per heavy atom. The summed E-state index contributed by atoms with van der Waals surface area (Å²) in [6.45, 7) is 3.65. The van der Waals surface area contributed by atoms with Crippen molar-refractivity contribution in [3.63, 3.8) is 0 Å². The highest BCUT2D eigenvalue weighted by molar-refractivity contribution is 6.32. The van der Waals surface area contributed by atoms with Gasteiger partial charge >= 0.3 is 0 Å². The van der Waals surface area contributed by atoms with E-state index in [9.17, 15) is 14.7 Å². The monoisotopic (exact) mass is 549 g/mol. The van der Waals surface area contributed by atoms with Gasteiger partial charge in [0.1, 0.15) is 23.3 Å². The molecule has 5 rings (SSSR count). The predicted octanol–water partition coefficient (Wildman–Crippen LogP) is 3.41. The molecule has 202 valence electrons. The van der Waals surface area contributed by atoms with Crippen LogP contribution < -0.4 is 10.6 Å². The number of hydrogen-bond acceptors (Lipinski definition) is 8. The van der Waals surface area contributed by atoms with Gasteiger partial charge in [0.25, 0.3) is 5.91 Å². The number of furan rings is 1. The number of halogens is 1. The number of aryl methyl sites for hydroxylation is 2. The van der Waals surface area contributed by atoms with Gasteiger partial charge in [0.2, 0.25) is 11.9 Å². The number of nitrogens with one attached hydrogen (secondary N) is 2. The van der Waals surface area contributed by atoms with Crippen LogP contribution in [-0.2, 0) is 18.3 Å². The minimum atomic E-state index is -0.764. The lowest BCUT2D eigenvalue weighted by atomic mass is 10.0. The molecule has 0 unspecified atom stereocenters. The number of benzene rings is 1. The van der Waals surface area contributed by atoms with Crippen LogP contribution in [0.1, 0.15) is 40.2 Å². The summed E-state index contributed by atoms with van der Waals surface area (Å²) in [4.78, 5) is 36.7. The highest BCUT2D eigenvalue weighted by atomic mass is 35.5. The molecule has 4 aromatic rings. The third kappa shape index (κ3) is 5.36. The van der Waals surface area contributed by atoms with E-state index in [1.165, 1.54) is 11.1 Å². The van der Waals surface area contributed by atoms with E-state index in [-0.39, 0.29) is 29.4 Å². The van der Waals surface area contributed by atoms with Gasteiger partial charge in [-0.25, -0.2) is 9.97 Å². The first kappa shape index (κ1) is 26.4. The summed E-state index contributed by atoms with van der Waals surface area (Å²) in [5.41, 5.74) is 2.50. The number of aliphatic hydroxyl groups excluding tert-OH is 1. The lowest BCUT2D eigenvalue weighted by Gasteiger charge is -2.32. The fourth-order valence-corrected chi connectivity index (χ4v) is 4.71. The Hall–Kier alpha value is -4.22. The molecule has 0 saturated heterocycles. The second kappa shape index (κ2) is 10.9. The van der Waals surface area contributed by atoms with E-state index in [2.05, 4.69) is 25.7 Å². The largest absolute Gasteiger partial charge is 0.458 e. The van der Waals surface area contributed by atoms with Crippen LogP contribution in [0.5, 0.6) is 0 Å². The van der Waals surface area contributed by atoms with Crippen LogP contribution in [-0.4, -0.2) is 60.8 Å². The maximum absolute atomic E-state index is 13.4. The fraction of sp³-hybridized carbons (Fsp3) is 0.296. The van der Waals surface area contributed by atoms with Crippen LogP contribution in [0.25, 0.3) is 11.5 Å². The third-order valence-electron chi connectivity index (χ3n) is 6.71. The molecule has 0 radical (unpaired) electrons. The lowest BCUT2D eigenvalue weighted by Crippen LogP contribution is -2.51. The van der Waals surface area contributed by atoms with Crippen LogP contribution in [0, 0.1) is 6.92 Å². The van der Waals surface area contributed by atoms with Crippen molar-refractivity contribution in [1.82, 2.24) is 30.0 Å². The molecule has 39 heavy (non-hydrogen) atoms. The Kier molecular flexibility index (Phi) is 7.36. The average Bonchev–Trinajstić information content (AvgIpc) is 3.54. The molecule has 3 aromatic heterocycles. The van der Waals surface area contributed by atoms with Crippen molar-refractivity contribution in [2.75, 3.05) is 18.5 Å². The number of rotatable bonds is 8. The molecular weight excluding hydrogens is 522 g/mol. The zero-order valence-electron chi connectivity index (χ0n) is 21.7. The highest BCUT2D eigenvalue weighted by Gasteiger charge is 2.35. The summed E-state index contributed by atoms with van der Waals surface area (Å²) in [6, 6.07) is 9.60. The van der Waals surface area contributed by atoms with Gasteiger partial charge in [-0.05, 0) is 25.5 Å². The minimum absolute atomic E-state index is 0.262. The molecule has 12 heteroatoms. The summed E-state index contributed by atoms with van der Waals surface area (Å²) < 4.78 is 7.63. The zero-order chi connectivity index (χ0) is 27.7. The molecule has 11 nitrogen and oxygen atoms in total. The minimum Gasteiger partial charge on any atom is -0.458 e. The van der Waals surface area contributed by atoms with Crippen molar-refractivity contribution in [3.8, 4) is 11.5 Å². The average molecular weight is 550 g/mol. The van der Waals surface area contributed by atoms with Gasteiger partial charge in [0, 0.05) is 26.1 Å². The Bertz CT molecular complexity index is 1530. The van der Waals surface area contributed by atoms with Crippen molar-refractivity contribution in [3.05, 3.63) is 76.3 Å². The molecule has 2 atom stereocenters. The summed E-state index contributed by atoms with van der Waals surface area (Å²) >= 11 is 6.39. The molecule has 0 spiro atoms. The van der Waals surface area contributed by atoms with Gasteiger partial charge in [0.15, 0.2) is 5.76 Å². The number of carbonyl (C=O) groups is 2. The Balaban J connectivity index is 1.33. The van der Waals surface area contributed by atoms with Crippen LogP contribution in [0.2, 0.25) is 5.02 Å². The van der Waals surface area contributed by atoms with E-state index in [1.807, 2.05) is 31.2 Å². The predicted molar refractivity (Wildman–Crippen MR) is 145 cm³/mol. The number of aromatic nitrogens is 4. The van der Waals surface area contributed by atoms with Gasteiger partial charge in [-0.2, -0.15) is 5.10 Å². The summed E-state index contributed by atoms with van der Waals surface area (Å²) in [5.74, 6) is 1.11. The number of anilines is 2. The Morgan fingerprint density at radius 2 is 2.10 bits per heavy atom. The van der Waals surface area contributed by atoms with E-state index < -0.39 is 12.1 Å². The number of nitrogens with zero attached hydrogens (tertiary/aromatic N) is 5. The van der Waals surface area contributed by atoms with Crippen molar-refractivity contribution in [2.24, 2.45) is 7.05 Å². The first-order valence-electron chi connectivity index (χ1n) is 12.4. The first-order valence-corrected chi connectivity index (χ1v) is 12.8. The van der Waals surface area contributed by atoms with E-state index in [1.54, 1.807) is 37.0 Å². The van der Waals surface area contributed by atoms with Crippen molar-refractivity contribution < 1.29 is 19.1 Å². The SMILES string of the molecule is Cc1cccc([C@@H](CO)NC(=O)[C@@H](C)N2CCc3oc(-c4nc(Nc5ccnn5C)ncc4Cl)cc3C2=O)c1. The lowest BCUT2D eigenvalue weighted by molar-refractivity contribution is -0.126. The van der Waals surface area contributed by atoms with Gasteiger partial charge in [0.05, 0.1) is 35.6 Å². The molecule has 1 aliphatic rings. The summed E-state index contributed by atoms with van der Waals surface area (Å²) in [7, 11) is 1.78. The van der Waals surface area contributed by atoms with Crippen LogP contribution in [0.4, 0.5) is 11.8 Å². The van der Waals surface area contributed by atoms with E-state index >= 15 is 0 Å². The first-order chi connectivity index (χ1) is 18.7. The van der Waals surface area contributed by atoms with E-state index in [0.29, 0.717) is 41.6 Å². The Morgan fingerprint density at radius 3 is 2.82 bits per heavy atom. The number of fused-ring (bicyclic) bond motifs is 1. The van der Waals surface area contributed by atoms with Crippen molar-refractivity contribution in [1.29, 1.82) is 0 Å². The van der Waals surface area contributed by atoms with E-state index in [4.69, 9.17) is 16.0 Å². The number of aliphatic hydroxyl groups is 1. The molecule has 0 fully saturated rings. The van der Waals surface area contributed by atoms with Crippen molar-refractivity contribution >= 4 is 35.2 Å². The quantitative estimate of drug-likeness (QED) is 0.304. The third-order valence-corrected chi connectivity index (χ3v) is 6.99. The van der Waals surface area contributed by atoms with Crippen molar-refractivity contribution in [2.45, 2.75) is 32.4 Å². The number of carbonyl (C=O) groups excluding carboxylic acids is 2. The smallest absolute Gasteiger partial charge is 0.258 e. The molecular formula is C27H28ClN7O4. The molecule has 1 aliphatic heterocycles. The molecule has 0 saturated carbocycles. The second-order valence-corrected chi connectivity index (χ2v) is 9.79. The topological polar surface area (TPSA) is 138 Å². The van der Waals surface area contributed by atoms with Crippen LogP contribution in [0.15, 0.2) is 53.2 Å². The van der Waals surface area contributed by atoms with Gasteiger partial charge in [-0.3, -0.25) is 14.3 Å². The Labute approximate surface area is 229 Å². The summed E-state index contributed by atoms with van der Waals surface area (Å²) in [6.07, 6.45) is 3.52. The maximum atomic E-state index is 13.4. The maximum Gasteiger partial charge on any atom is 0.258 e. The van der Waals surface area contributed by atoms with Gasteiger partial charge < -0.3 is 25.1 Å². The fourth-order valence-electron chi connectivity index (χ4n) is 4.53. The molecule has 0 aliphatic carbocycles. The van der Waals surface area contributed by atoms with E-state index in [0.717, 1.165) is 11.1 Å².